The Hall–Kier alpha value is -2.70. The van der Waals surface area contributed by atoms with Crippen molar-refractivity contribution < 1.29 is 24.0 Å². The number of carbonyl (C=O) groups is 2. The van der Waals surface area contributed by atoms with E-state index in [4.69, 9.17) is 9.25 Å². The van der Waals surface area contributed by atoms with Crippen LogP contribution in [0, 0.1) is 12.8 Å². The Balaban J connectivity index is 1.45. The molecule has 0 aliphatic heterocycles. The van der Waals surface area contributed by atoms with E-state index >= 15 is 0 Å². The van der Waals surface area contributed by atoms with Crippen LogP contribution in [0.1, 0.15) is 50.0 Å². The molecule has 3 radical (unpaired) electrons. The van der Waals surface area contributed by atoms with Crippen LogP contribution >= 0.6 is 0 Å². The van der Waals surface area contributed by atoms with Crippen molar-refractivity contribution in [2.45, 2.75) is 57.0 Å². The molecule has 173 valence electrons. The molecule has 0 aromatic carbocycles. The topological polar surface area (TPSA) is 154 Å². The van der Waals surface area contributed by atoms with Gasteiger partial charge in [0.25, 0.3) is 0 Å². The molecule has 2 unspecified atom stereocenters. The first kappa shape index (κ1) is 23.9. The number of anilines is 1. The van der Waals surface area contributed by atoms with Gasteiger partial charge in [0.05, 0.1) is 12.6 Å². The Bertz CT molecular complexity index is 914. The van der Waals surface area contributed by atoms with Gasteiger partial charge in [-0.3, -0.25) is 9.89 Å². The largest absolute Gasteiger partial charge is 0.446 e. The molecule has 2 heterocycles. The van der Waals surface area contributed by atoms with E-state index in [2.05, 4.69) is 41.5 Å². The number of aliphatic hydroxyl groups is 1. The highest BCUT2D eigenvalue weighted by Crippen LogP contribution is 2.38. The normalized spacial score (nSPS) is 21.3. The number of aryl methyl sites for hydroxylation is 1. The fourth-order valence-electron chi connectivity index (χ4n) is 3.59. The van der Waals surface area contributed by atoms with E-state index in [-0.39, 0.29) is 35.9 Å². The minimum Gasteiger partial charge on any atom is -0.446 e. The van der Waals surface area contributed by atoms with Crippen LogP contribution in [0.5, 0.6) is 0 Å². The van der Waals surface area contributed by atoms with E-state index in [1.54, 1.807) is 13.0 Å². The third-order valence-corrected chi connectivity index (χ3v) is 6.29. The highest BCUT2D eigenvalue weighted by molar-refractivity contribution is 6.16. The monoisotopic (exact) mass is 461 g/mol. The SMILES string of the molecule is CCC(CO)CNC(=O)ONC1CC[C@]([Si])(c2cc(NC(=O)Cc3cnc(C)o3)n[nH]2)C1. The predicted molar refractivity (Wildman–Crippen MR) is 116 cm³/mol. The number of nitrogens with zero attached hydrogens (tertiary/aromatic N) is 2. The zero-order chi connectivity index (χ0) is 23.1. The molecular formula is C20H29N6O5Si. The van der Waals surface area contributed by atoms with Gasteiger partial charge in [0, 0.05) is 53.2 Å². The van der Waals surface area contributed by atoms with Crippen LogP contribution in [0.3, 0.4) is 0 Å². The summed E-state index contributed by atoms with van der Waals surface area (Å²) in [5, 5.41) is 21.3. The zero-order valence-electron chi connectivity index (χ0n) is 18.2. The molecule has 1 aliphatic carbocycles. The summed E-state index contributed by atoms with van der Waals surface area (Å²) in [6.07, 6.45) is 4.00. The average Bonchev–Trinajstić information content (AvgIpc) is 3.48. The number of rotatable bonds is 10. The smallest absolute Gasteiger partial charge is 0.426 e. The number of aliphatic hydroxyl groups excluding tert-OH is 1. The number of amides is 2. The predicted octanol–water partition coefficient (Wildman–Crippen LogP) is 1.05. The quantitative estimate of drug-likeness (QED) is 0.260. The third kappa shape index (κ3) is 6.40. The van der Waals surface area contributed by atoms with Crippen molar-refractivity contribution in [3.8, 4) is 0 Å². The second kappa shape index (κ2) is 10.7. The summed E-state index contributed by atoms with van der Waals surface area (Å²) in [6, 6.07) is 1.74. The number of hydrogen-bond donors (Lipinski definition) is 5. The number of aromatic nitrogens is 3. The fourth-order valence-corrected chi connectivity index (χ4v) is 4.11. The molecule has 11 nitrogen and oxygen atoms in total. The molecule has 0 saturated heterocycles. The summed E-state index contributed by atoms with van der Waals surface area (Å²) < 4.78 is 5.32. The van der Waals surface area contributed by atoms with E-state index < -0.39 is 6.09 Å². The van der Waals surface area contributed by atoms with Gasteiger partial charge >= 0.3 is 6.09 Å². The standard InChI is InChI=1S/C20H29N6O5Si/c1-3-13(11-27)9-22-19(29)31-26-14-4-5-20(32,8-14)16-7-17(25-24-16)23-18(28)6-15-10-21-12(2)30-15/h7,10,13-14,26-27H,3-6,8-9,11H2,1-2H3,(H,22,29)(H2,23,24,25,28)/t13?,14?,20-/m1/s1. The van der Waals surface area contributed by atoms with Gasteiger partial charge in [-0.1, -0.05) is 6.92 Å². The number of oxazole rings is 1. The Morgan fingerprint density at radius 1 is 1.50 bits per heavy atom. The Labute approximate surface area is 189 Å². The lowest BCUT2D eigenvalue weighted by molar-refractivity contribution is -0.115. The maximum absolute atomic E-state index is 12.2. The Kier molecular flexibility index (Phi) is 8.04. The molecule has 1 fully saturated rings. The highest BCUT2D eigenvalue weighted by Gasteiger charge is 2.38. The Morgan fingerprint density at radius 2 is 2.31 bits per heavy atom. The molecular weight excluding hydrogens is 432 g/mol. The molecule has 3 rings (SSSR count). The van der Waals surface area contributed by atoms with Crippen molar-refractivity contribution in [1.29, 1.82) is 0 Å². The molecule has 12 heteroatoms. The van der Waals surface area contributed by atoms with Gasteiger partial charge < -0.3 is 25.0 Å². The van der Waals surface area contributed by atoms with Crippen LogP contribution in [0.15, 0.2) is 16.7 Å². The molecule has 32 heavy (non-hydrogen) atoms. The van der Waals surface area contributed by atoms with Gasteiger partial charge in [-0.2, -0.15) is 5.10 Å². The minimum atomic E-state index is -0.572. The molecule has 1 saturated carbocycles. The first-order valence-corrected chi connectivity index (χ1v) is 11.1. The fraction of sp³-hybridized carbons (Fsp3) is 0.600. The molecule has 0 spiro atoms. The van der Waals surface area contributed by atoms with Crippen LogP contribution in [-0.2, 0) is 21.1 Å². The van der Waals surface area contributed by atoms with Crippen LogP contribution in [-0.4, -0.2) is 61.7 Å². The average molecular weight is 462 g/mol. The molecule has 2 aromatic heterocycles. The van der Waals surface area contributed by atoms with Gasteiger partial charge in [0.1, 0.15) is 5.76 Å². The number of hydrogen-bond acceptors (Lipinski definition) is 8. The van der Waals surface area contributed by atoms with E-state index in [9.17, 15) is 14.7 Å². The number of hydroxylamine groups is 1. The third-order valence-electron chi connectivity index (χ3n) is 5.57. The number of nitrogens with one attached hydrogen (secondary N) is 4. The highest BCUT2D eigenvalue weighted by atomic mass is 28.1. The van der Waals surface area contributed by atoms with Gasteiger partial charge in [0.2, 0.25) is 5.91 Å². The second-order valence-electron chi connectivity index (χ2n) is 8.10. The van der Waals surface area contributed by atoms with Crippen molar-refractivity contribution in [3.63, 3.8) is 0 Å². The summed E-state index contributed by atoms with van der Waals surface area (Å²) in [7, 11) is 3.84. The molecule has 2 aromatic rings. The maximum atomic E-state index is 12.2. The molecule has 1 aliphatic rings. The van der Waals surface area contributed by atoms with Gasteiger partial charge in [-0.05, 0) is 31.6 Å². The molecule has 5 N–H and O–H groups in total. The van der Waals surface area contributed by atoms with Crippen molar-refractivity contribution in [2.75, 3.05) is 18.5 Å². The lowest BCUT2D eigenvalue weighted by Gasteiger charge is -2.22. The molecule has 3 atom stereocenters. The van der Waals surface area contributed by atoms with Gasteiger partial charge in [-0.25, -0.2) is 9.78 Å². The number of H-pyrrole nitrogens is 1. The maximum Gasteiger partial charge on any atom is 0.426 e. The van der Waals surface area contributed by atoms with Crippen molar-refractivity contribution in [3.05, 3.63) is 29.6 Å². The van der Waals surface area contributed by atoms with Crippen molar-refractivity contribution in [1.82, 2.24) is 26.0 Å². The lowest BCUT2D eigenvalue weighted by atomic mass is 10.0. The lowest BCUT2D eigenvalue weighted by Crippen LogP contribution is -2.38. The van der Waals surface area contributed by atoms with Crippen molar-refractivity contribution in [2.24, 2.45) is 5.92 Å². The van der Waals surface area contributed by atoms with Gasteiger partial charge in [-0.15, -0.1) is 5.48 Å². The first-order valence-electron chi connectivity index (χ1n) is 10.6. The molecule has 2 amide bonds. The molecule has 0 bridgehead atoms. The summed E-state index contributed by atoms with van der Waals surface area (Å²) in [5.74, 6) is 1.18. The zero-order valence-corrected chi connectivity index (χ0v) is 19.2. The van der Waals surface area contributed by atoms with Crippen molar-refractivity contribution >= 4 is 28.1 Å². The second-order valence-corrected chi connectivity index (χ2v) is 9.06. The van der Waals surface area contributed by atoms with Crippen LogP contribution < -0.4 is 16.1 Å². The number of carbonyl (C=O) groups excluding carboxylic acids is 2. The first-order chi connectivity index (χ1) is 15.3. The summed E-state index contributed by atoms with van der Waals surface area (Å²) in [6.45, 7) is 4.05. The van der Waals surface area contributed by atoms with Gasteiger partial charge in [0.15, 0.2) is 11.7 Å². The number of aromatic amines is 1. The van der Waals surface area contributed by atoms with E-state index in [1.807, 2.05) is 6.92 Å². The summed E-state index contributed by atoms with van der Waals surface area (Å²) >= 11 is 0. The summed E-state index contributed by atoms with van der Waals surface area (Å²) in [4.78, 5) is 33.1. The van der Waals surface area contributed by atoms with E-state index in [0.717, 1.165) is 25.0 Å². The van der Waals surface area contributed by atoms with E-state index in [0.29, 0.717) is 30.4 Å². The minimum absolute atomic E-state index is 0.0128. The summed E-state index contributed by atoms with van der Waals surface area (Å²) in [5.41, 5.74) is 3.63. The van der Waals surface area contributed by atoms with Crippen LogP contribution in [0.2, 0.25) is 0 Å². The Morgan fingerprint density at radius 3 is 3.00 bits per heavy atom. The van der Waals surface area contributed by atoms with E-state index in [1.165, 1.54) is 6.20 Å². The van der Waals surface area contributed by atoms with Crippen LogP contribution in [0.25, 0.3) is 0 Å². The van der Waals surface area contributed by atoms with Crippen LogP contribution in [0.4, 0.5) is 10.6 Å².